The zero-order valence-electron chi connectivity index (χ0n) is 19.4. The van der Waals surface area contributed by atoms with Crippen LogP contribution in [-0.4, -0.2) is 22.8 Å². The molecular weight excluding hydrogens is 514 g/mol. The Hall–Kier alpha value is -2.04. The fourth-order valence-corrected chi connectivity index (χ4v) is 10.7. The van der Waals surface area contributed by atoms with Crippen LogP contribution in [0.5, 0.6) is 0 Å². The molecule has 0 spiro atoms. The third-order valence-corrected chi connectivity index (χ3v) is 12.3. The fraction of sp³-hybridized carbons (Fsp3) is 0.0667. The van der Waals surface area contributed by atoms with Gasteiger partial charge >= 0.3 is 0 Å². The normalized spacial score (nSPS) is 11.1. The van der Waals surface area contributed by atoms with E-state index in [1.165, 1.54) is 37.1 Å². The first-order valence-corrected chi connectivity index (χ1v) is 16.6. The van der Waals surface area contributed by atoms with E-state index < -0.39 is 15.8 Å². The van der Waals surface area contributed by atoms with E-state index in [-0.39, 0.29) is 26.6 Å². The molecule has 34 heavy (non-hydrogen) atoms. The van der Waals surface area contributed by atoms with Gasteiger partial charge in [-0.1, -0.05) is 84.9 Å². The van der Waals surface area contributed by atoms with Crippen LogP contribution >= 0.6 is 15.8 Å². The average Bonchev–Trinajstić information content (AvgIpc) is 2.86. The van der Waals surface area contributed by atoms with Gasteiger partial charge in [-0.15, -0.1) is 0 Å². The maximum Gasteiger partial charge on any atom is 0.109 e. The third kappa shape index (κ3) is 5.28. The third-order valence-electron chi connectivity index (χ3n) is 6.14. The van der Waals surface area contributed by atoms with Crippen LogP contribution in [0.3, 0.4) is 0 Å². The molecule has 0 aliphatic carbocycles. The van der Waals surface area contributed by atoms with E-state index in [0.29, 0.717) is 0 Å². The van der Waals surface area contributed by atoms with Crippen molar-refractivity contribution in [2.45, 2.75) is 0 Å². The molecule has 0 N–H and O–H groups in total. The monoisotopic (exact) mass is 542 g/mol. The second-order valence-electron chi connectivity index (χ2n) is 8.59. The quantitative estimate of drug-likeness (QED) is 0.226. The van der Waals surface area contributed by atoms with Crippen LogP contribution in [0.2, 0.25) is 0 Å². The summed E-state index contributed by atoms with van der Waals surface area (Å²) in [5.74, 6) is 0. The van der Waals surface area contributed by atoms with Crippen molar-refractivity contribution in [1.29, 1.82) is 0 Å². The number of benzene rings is 5. The van der Waals surface area contributed by atoms with Crippen molar-refractivity contribution in [2.24, 2.45) is 0 Å². The molecule has 172 valence electrons. The molecule has 0 aliphatic heterocycles. The molecule has 2 radical (unpaired) electrons. The minimum atomic E-state index is -1.08. The second-order valence-corrected chi connectivity index (χ2v) is 15.1. The Morgan fingerprint density at radius 1 is 0.500 bits per heavy atom. The largest absolute Gasteiger partial charge is 0.109 e. The van der Waals surface area contributed by atoms with Crippen molar-refractivity contribution in [3.8, 4) is 0 Å². The first kappa shape index (κ1) is 25.1. The van der Waals surface area contributed by atoms with Crippen molar-refractivity contribution in [1.82, 2.24) is 0 Å². The molecule has 5 rings (SSSR count). The Bertz CT molecular complexity index is 1330. The Balaban J connectivity index is 0.00000274. The zero-order valence-corrected chi connectivity index (χ0v) is 23.5. The van der Waals surface area contributed by atoms with Crippen molar-refractivity contribution >= 4 is 67.7 Å². The summed E-state index contributed by atoms with van der Waals surface area (Å²) in [4.78, 5) is 0. The smallest absolute Gasteiger partial charge is 0.0624 e. The van der Waals surface area contributed by atoms with Gasteiger partial charge in [0.15, 0.2) is 0 Å². The van der Waals surface area contributed by atoms with Crippen molar-refractivity contribution < 1.29 is 17.1 Å². The zero-order chi connectivity index (χ0) is 22.6. The molecule has 0 unspecified atom stereocenters. The minimum absolute atomic E-state index is 0. The van der Waals surface area contributed by atoms with Crippen molar-refractivity contribution in [2.75, 3.05) is 13.3 Å². The Kier molecular flexibility index (Phi) is 8.54. The molecule has 4 heteroatoms. The number of fused-ring (bicyclic) bond motifs is 1. The number of rotatable bonds is 6. The first-order chi connectivity index (χ1) is 16.2. The molecule has 0 amide bonds. The summed E-state index contributed by atoms with van der Waals surface area (Å²) < 4.78 is 0. The predicted octanol–water partition coefficient (Wildman–Crippen LogP) is 3.81. The summed E-state index contributed by atoms with van der Waals surface area (Å²) in [6.07, 6.45) is 0. The van der Waals surface area contributed by atoms with Gasteiger partial charge in [0, 0.05) is 30.4 Å². The van der Waals surface area contributed by atoms with E-state index >= 15 is 0 Å². The molecule has 5 aromatic carbocycles. The topological polar surface area (TPSA) is 0 Å². The van der Waals surface area contributed by atoms with Crippen molar-refractivity contribution in [3.05, 3.63) is 121 Å². The molecule has 0 fully saturated rings. The van der Waals surface area contributed by atoms with Crippen LogP contribution in [0.1, 0.15) is 0 Å². The van der Waals surface area contributed by atoms with Gasteiger partial charge in [0.1, 0.15) is 25.4 Å². The van der Waals surface area contributed by atoms with Gasteiger partial charge in [0.2, 0.25) is 0 Å². The summed E-state index contributed by atoms with van der Waals surface area (Å²) in [6.45, 7) is 4.82. The molecule has 0 atom stereocenters. The maximum atomic E-state index is 2.41. The molecule has 0 bridgehead atoms. The van der Waals surface area contributed by atoms with Gasteiger partial charge in [-0.2, -0.15) is 0 Å². The molecular formula is C30H29CuP2Si+2. The minimum Gasteiger partial charge on any atom is -0.0624 e. The Morgan fingerprint density at radius 2 is 1.00 bits per heavy atom. The van der Waals surface area contributed by atoms with Crippen LogP contribution in [0, 0.1) is 0 Å². The maximum absolute atomic E-state index is 2.41. The molecule has 0 heterocycles. The molecule has 0 aromatic heterocycles. The van der Waals surface area contributed by atoms with Crippen LogP contribution in [0.4, 0.5) is 0 Å². The van der Waals surface area contributed by atoms with Crippen LogP contribution in [-0.2, 0) is 17.1 Å². The molecule has 0 nitrogen and oxygen atoms in total. The van der Waals surface area contributed by atoms with Gasteiger partial charge in [-0.3, -0.25) is 0 Å². The van der Waals surface area contributed by atoms with Gasteiger partial charge in [-0.25, -0.2) is 0 Å². The fourth-order valence-electron chi connectivity index (χ4n) is 4.61. The van der Waals surface area contributed by atoms with Crippen molar-refractivity contribution in [3.63, 3.8) is 0 Å². The molecule has 0 saturated heterocycles. The average molecular weight is 543 g/mol. The SMILES string of the molecule is C[PH+](C)c1cccc2cccc([SiH]c3ccccc3[PH+](c3ccccc3)c3ccccc3)c12.[Cu]. The summed E-state index contributed by atoms with van der Waals surface area (Å²) in [6, 6.07) is 45.2. The van der Waals surface area contributed by atoms with E-state index in [1.807, 2.05) is 0 Å². The Morgan fingerprint density at radius 3 is 1.62 bits per heavy atom. The molecule has 0 saturated carbocycles. The molecule has 5 aromatic rings. The van der Waals surface area contributed by atoms with E-state index in [2.05, 4.69) is 135 Å². The standard InChI is InChI=1S/C30H27P2Si.Cu/c1-31(2)27-20-11-13-23-14-12-22-29(30(23)27)33-28-21-10-9-19-26(28)32(24-15-5-3-6-16-24)25-17-7-4-8-18-25;/h3-22,33H,1-2H3;/p+2. The van der Waals surface area contributed by atoms with Crippen LogP contribution < -0.4 is 31.6 Å². The number of hydrogen-bond donors (Lipinski definition) is 0. The summed E-state index contributed by atoms with van der Waals surface area (Å²) >= 11 is 0. The van der Waals surface area contributed by atoms with Crippen LogP contribution in [0.25, 0.3) is 10.8 Å². The van der Waals surface area contributed by atoms with E-state index in [4.69, 9.17) is 0 Å². The van der Waals surface area contributed by atoms with E-state index in [1.54, 1.807) is 5.30 Å². The van der Waals surface area contributed by atoms with Gasteiger partial charge in [-0.05, 0) is 52.2 Å². The van der Waals surface area contributed by atoms with Gasteiger partial charge in [0.25, 0.3) is 0 Å². The van der Waals surface area contributed by atoms with E-state index in [0.717, 1.165) is 0 Å². The summed E-state index contributed by atoms with van der Waals surface area (Å²) in [7, 11) is -1.62. The summed E-state index contributed by atoms with van der Waals surface area (Å²) in [5.41, 5.74) is 0. The predicted molar refractivity (Wildman–Crippen MR) is 157 cm³/mol. The van der Waals surface area contributed by atoms with Gasteiger partial charge < -0.3 is 0 Å². The van der Waals surface area contributed by atoms with Crippen LogP contribution in [0.15, 0.2) is 121 Å². The number of hydrogen-bond acceptors (Lipinski definition) is 0. The summed E-state index contributed by atoms with van der Waals surface area (Å²) in [5, 5.41) is 12.0. The Labute approximate surface area is 218 Å². The van der Waals surface area contributed by atoms with E-state index in [9.17, 15) is 0 Å². The van der Waals surface area contributed by atoms with Gasteiger partial charge in [0.05, 0.1) is 26.6 Å². The second kappa shape index (κ2) is 11.6. The molecule has 0 aliphatic rings. The first-order valence-electron chi connectivity index (χ1n) is 11.5.